The molecule has 7 nitrogen and oxygen atoms in total. The van der Waals surface area contributed by atoms with Crippen LogP contribution in [-0.2, 0) is 15.9 Å². The molecule has 28 heavy (non-hydrogen) atoms. The van der Waals surface area contributed by atoms with Crippen LogP contribution in [0.3, 0.4) is 0 Å². The van der Waals surface area contributed by atoms with E-state index >= 15 is 0 Å². The first kappa shape index (κ1) is 18.8. The van der Waals surface area contributed by atoms with Crippen molar-refractivity contribution in [1.29, 1.82) is 0 Å². The van der Waals surface area contributed by atoms with Crippen LogP contribution in [0.1, 0.15) is 41.5 Å². The van der Waals surface area contributed by atoms with Crippen LogP contribution in [0.5, 0.6) is 0 Å². The first-order valence-corrected chi connectivity index (χ1v) is 9.86. The second-order valence-electron chi connectivity index (χ2n) is 7.29. The molecule has 2 saturated heterocycles. The zero-order valence-electron chi connectivity index (χ0n) is 16.4. The lowest BCUT2D eigenvalue weighted by atomic mass is 10.0. The number of nitrogens with zero attached hydrogens (tertiary/aromatic N) is 3. The summed E-state index contributed by atoms with van der Waals surface area (Å²) >= 11 is 0. The van der Waals surface area contributed by atoms with Gasteiger partial charge in [0.1, 0.15) is 5.69 Å². The number of carbonyl (C=O) groups is 1. The predicted molar refractivity (Wildman–Crippen MR) is 106 cm³/mol. The van der Waals surface area contributed by atoms with Gasteiger partial charge in [-0.15, -0.1) is 0 Å². The summed E-state index contributed by atoms with van der Waals surface area (Å²) in [5.41, 5.74) is 3.33. The Morgan fingerprint density at radius 1 is 1.14 bits per heavy atom. The van der Waals surface area contributed by atoms with E-state index in [1.807, 2.05) is 24.0 Å². The molecule has 2 aliphatic rings. The van der Waals surface area contributed by atoms with Gasteiger partial charge in [-0.05, 0) is 37.1 Å². The molecule has 2 aliphatic heterocycles. The molecular formula is C21H26N4O3. The second kappa shape index (κ2) is 7.85. The summed E-state index contributed by atoms with van der Waals surface area (Å²) in [7, 11) is 0. The van der Waals surface area contributed by atoms with Crippen molar-refractivity contribution < 1.29 is 14.3 Å². The number of carbonyl (C=O) groups excluding carboxylic acids is 1. The molecule has 0 radical (unpaired) electrons. The van der Waals surface area contributed by atoms with E-state index in [9.17, 15) is 4.79 Å². The first-order valence-electron chi connectivity index (χ1n) is 9.86. The molecule has 1 aromatic heterocycles. The lowest BCUT2D eigenvalue weighted by molar-refractivity contribution is -0.181. The summed E-state index contributed by atoms with van der Waals surface area (Å²) in [6.45, 7) is 6.46. The van der Waals surface area contributed by atoms with E-state index in [-0.39, 0.29) is 5.91 Å². The molecule has 1 amide bonds. The van der Waals surface area contributed by atoms with E-state index in [0.717, 1.165) is 17.8 Å². The average molecular weight is 382 g/mol. The lowest BCUT2D eigenvalue weighted by Gasteiger charge is -2.37. The van der Waals surface area contributed by atoms with Gasteiger partial charge in [-0.3, -0.25) is 4.79 Å². The Labute approximate surface area is 165 Å². The van der Waals surface area contributed by atoms with Gasteiger partial charge in [0.2, 0.25) is 5.95 Å². The van der Waals surface area contributed by atoms with Gasteiger partial charge in [0.05, 0.1) is 13.2 Å². The highest BCUT2D eigenvalue weighted by Crippen LogP contribution is 2.31. The van der Waals surface area contributed by atoms with Crippen LogP contribution in [0.4, 0.5) is 11.6 Å². The van der Waals surface area contributed by atoms with Crippen molar-refractivity contribution in [2.24, 2.45) is 0 Å². The van der Waals surface area contributed by atoms with Crippen molar-refractivity contribution >= 4 is 17.5 Å². The predicted octanol–water partition coefficient (Wildman–Crippen LogP) is 3.07. The number of hydrogen-bond donors (Lipinski definition) is 1. The molecule has 3 heterocycles. The Morgan fingerprint density at radius 2 is 1.82 bits per heavy atom. The Morgan fingerprint density at radius 3 is 2.46 bits per heavy atom. The molecule has 1 N–H and O–H groups in total. The normalized spacial score (nSPS) is 18.4. The summed E-state index contributed by atoms with van der Waals surface area (Å²) in [6, 6.07) is 9.87. The third kappa shape index (κ3) is 4.00. The van der Waals surface area contributed by atoms with Crippen LogP contribution < -0.4 is 5.32 Å². The number of amides is 1. The van der Waals surface area contributed by atoms with Crippen LogP contribution in [0.2, 0.25) is 0 Å². The SMILES string of the molecule is CCc1ccc(Nc2nc(C)cc(C(=O)N3CCC4(CC3)OCCO4)n2)cc1. The number of ether oxygens (including phenoxy) is 2. The number of anilines is 2. The molecule has 4 rings (SSSR count). The molecule has 0 bridgehead atoms. The van der Waals surface area contributed by atoms with Crippen LogP contribution in [0, 0.1) is 6.92 Å². The topological polar surface area (TPSA) is 76.6 Å². The van der Waals surface area contributed by atoms with Crippen LogP contribution in [0.15, 0.2) is 30.3 Å². The van der Waals surface area contributed by atoms with Crippen molar-refractivity contribution in [2.75, 3.05) is 31.6 Å². The average Bonchev–Trinajstić information content (AvgIpc) is 3.16. The zero-order chi connectivity index (χ0) is 19.6. The Bertz CT molecular complexity index is 837. The number of benzene rings is 1. The van der Waals surface area contributed by atoms with Crippen LogP contribution in [0.25, 0.3) is 0 Å². The molecule has 2 fully saturated rings. The molecule has 148 valence electrons. The molecular weight excluding hydrogens is 356 g/mol. The minimum absolute atomic E-state index is 0.0808. The Kier molecular flexibility index (Phi) is 5.28. The number of aromatic nitrogens is 2. The van der Waals surface area contributed by atoms with Gasteiger partial charge in [0.25, 0.3) is 5.91 Å². The maximum Gasteiger partial charge on any atom is 0.272 e. The van der Waals surface area contributed by atoms with Gasteiger partial charge in [-0.25, -0.2) is 9.97 Å². The van der Waals surface area contributed by atoms with Crippen molar-refractivity contribution in [2.45, 2.75) is 38.9 Å². The number of likely N-dealkylation sites (tertiary alicyclic amines) is 1. The van der Waals surface area contributed by atoms with E-state index in [2.05, 4.69) is 34.3 Å². The van der Waals surface area contributed by atoms with Crippen molar-refractivity contribution in [1.82, 2.24) is 14.9 Å². The molecule has 2 aromatic rings. The zero-order valence-corrected chi connectivity index (χ0v) is 16.4. The maximum absolute atomic E-state index is 13.0. The van der Waals surface area contributed by atoms with Gasteiger partial charge in [-0.2, -0.15) is 0 Å². The van der Waals surface area contributed by atoms with Crippen molar-refractivity contribution in [3.63, 3.8) is 0 Å². The molecule has 1 aromatic carbocycles. The van der Waals surface area contributed by atoms with Crippen LogP contribution >= 0.6 is 0 Å². The summed E-state index contributed by atoms with van der Waals surface area (Å²) in [4.78, 5) is 23.7. The highest BCUT2D eigenvalue weighted by atomic mass is 16.7. The van der Waals surface area contributed by atoms with E-state index in [4.69, 9.17) is 9.47 Å². The van der Waals surface area contributed by atoms with E-state index < -0.39 is 5.79 Å². The largest absolute Gasteiger partial charge is 0.347 e. The summed E-state index contributed by atoms with van der Waals surface area (Å²) in [6.07, 6.45) is 2.38. The Balaban J connectivity index is 1.46. The van der Waals surface area contributed by atoms with E-state index in [0.29, 0.717) is 50.8 Å². The fraction of sp³-hybridized carbons (Fsp3) is 0.476. The highest BCUT2D eigenvalue weighted by Gasteiger charge is 2.41. The van der Waals surface area contributed by atoms with Crippen molar-refractivity contribution in [3.05, 3.63) is 47.3 Å². The number of hydrogen-bond acceptors (Lipinski definition) is 6. The van der Waals surface area contributed by atoms with Gasteiger partial charge in [0, 0.05) is 37.3 Å². The van der Waals surface area contributed by atoms with Gasteiger partial charge >= 0.3 is 0 Å². The summed E-state index contributed by atoms with van der Waals surface area (Å²) < 4.78 is 11.5. The molecule has 0 atom stereocenters. The fourth-order valence-electron chi connectivity index (χ4n) is 3.69. The van der Waals surface area contributed by atoms with E-state index in [1.54, 1.807) is 6.07 Å². The number of piperidine rings is 1. The fourth-order valence-corrected chi connectivity index (χ4v) is 3.69. The molecule has 0 unspecified atom stereocenters. The molecule has 0 saturated carbocycles. The quantitative estimate of drug-likeness (QED) is 0.876. The standard InChI is InChI=1S/C21H26N4O3/c1-3-16-4-6-17(7-5-16)23-20-22-15(2)14-18(24-20)19(26)25-10-8-21(9-11-25)27-12-13-28-21/h4-7,14H,3,8-13H2,1-2H3,(H,22,23,24). The minimum Gasteiger partial charge on any atom is -0.347 e. The maximum atomic E-state index is 13.0. The number of nitrogens with one attached hydrogen (secondary N) is 1. The monoisotopic (exact) mass is 382 g/mol. The van der Waals surface area contributed by atoms with Crippen LogP contribution in [-0.4, -0.2) is 52.9 Å². The third-order valence-corrected chi connectivity index (χ3v) is 5.32. The Hall–Kier alpha value is -2.51. The third-order valence-electron chi connectivity index (χ3n) is 5.32. The van der Waals surface area contributed by atoms with Gasteiger partial charge in [-0.1, -0.05) is 19.1 Å². The number of rotatable bonds is 4. The summed E-state index contributed by atoms with van der Waals surface area (Å²) in [5, 5.41) is 3.20. The van der Waals surface area contributed by atoms with Gasteiger partial charge in [0.15, 0.2) is 5.79 Å². The van der Waals surface area contributed by atoms with Gasteiger partial charge < -0.3 is 19.7 Å². The van der Waals surface area contributed by atoms with E-state index in [1.165, 1.54) is 5.56 Å². The molecule has 1 spiro atoms. The smallest absolute Gasteiger partial charge is 0.272 e. The summed E-state index contributed by atoms with van der Waals surface area (Å²) in [5.74, 6) is -0.137. The lowest BCUT2D eigenvalue weighted by Crippen LogP contribution is -2.47. The second-order valence-corrected chi connectivity index (χ2v) is 7.29. The first-order chi connectivity index (χ1) is 13.6. The minimum atomic E-state index is -0.490. The van der Waals surface area contributed by atoms with Crippen molar-refractivity contribution in [3.8, 4) is 0 Å². The molecule has 7 heteroatoms. The molecule has 0 aliphatic carbocycles. The number of aryl methyl sites for hydroxylation is 2. The highest BCUT2D eigenvalue weighted by molar-refractivity contribution is 5.92.